The van der Waals surface area contributed by atoms with Gasteiger partial charge < -0.3 is 19.5 Å². The van der Waals surface area contributed by atoms with Gasteiger partial charge in [-0.05, 0) is 45.9 Å². The van der Waals surface area contributed by atoms with Crippen LogP contribution < -0.4 is 10.2 Å². The van der Waals surface area contributed by atoms with Gasteiger partial charge in [-0.1, -0.05) is 0 Å². The Hall–Kier alpha value is -1.99. The Morgan fingerprint density at radius 3 is 2.50 bits per heavy atom. The van der Waals surface area contributed by atoms with E-state index in [2.05, 4.69) is 0 Å². The van der Waals surface area contributed by atoms with Crippen molar-refractivity contribution in [2.45, 2.75) is 33.3 Å². The Kier molecular flexibility index (Phi) is 4.48. The molecule has 1 heterocycles. The number of carbonyl (C=O) groups is 1. The molecule has 1 aromatic heterocycles. The summed E-state index contributed by atoms with van der Waals surface area (Å²) in [5.41, 5.74) is 0.153. The van der Waals surface area contributed by atoms with Gasteiger partial charge in [0.15, 0.2) is 0 Å². The lowest BCUT2D eigenvalue weighted by Gasteiger charge is -2.20. The van der Waals surface area contributed by atoms with Crippen LogP contribution in [-0.4, -0.2) is 40.0 Å². The van der Waals surface area contributed by atoms with Gasteiger partial charge in [0.1, 0.15) is 11.4 Å². The first-order valence-electron chi connectivity index (χ1n) is 7.11. The third-order valence-corrected chi connectivity index (χ3v) is 3.02. The lowest BCUT2D eigenvalue weighted by atomic mass is 9.77. The van der Waals surface area contributed by atoms with E-state index in [-0.39, 0.29) is 5.46 Å². The maximum Gasteiger partial charge on any atom is 0.492 e. The molecule has 0 aliphatic rings. The highest BCUT2D eigenvalue weighted by molar-refractivity contribution is 6.63. The third kappa shape index (κ3) is 3.26. The predicted octanol–water partition coefficient (Wildman–Crippen LogP) is 1.50. The second-order valence-corrected chi connectivity index (χ2v) is 5.88. The van der Waals surface area contributed by atoms with Crippen LogP contribution >= 0.6 is 0 Å². The van der Waals surface area contributed by atoms with Gasteiger partial charge in [0.05, 0.1) is 12.1 Å². The topological polar surface area (TPSA) is 80.9 Å². The van der Waals surface area contributed by atoms with Crippen LogP contribution in [0.2, 0.25) is 0 Å². The summed E-state index contributed by atoms with van der Waals surface area (Å²) in [6.07, 6.45) is 1.02. The first-order valence-corrected chi connectivity index (χ1v) is 7.11. The average molecular weight is 305 g/mol. The molecule has 0 amide bonds. The van der Waals surface area contributed by atoms with E-state index in [1.165, 1.54) is 4.57 Å². The maximum absolute atomic E-state index is 12.2. The number of hydrogen-bond acceptors (Lipinski definition) is 5. The normalized spacial score (nSPS) is 11.5. The number of benzene rings is 1. The third-order valence-electron chi connectivity index (χ3n) is 3.02. The van der Waals surface area contributed by atoms with Crippen LogP contribution in [0.3, 0.4) is 0 Å². The Bertz CT molecular complexity index is 687. The smallest absolute Gasteiger partial charge is 0.492 e. The monoisotopic (exact) mass is 305 g/mol. The van der Waals surface area contributed by atoms with Gasteiger partial charge in [-0.3, -0.25) is 4.57 Å². The van der Waals surface area contributed by atoms with Crippen LogP contribution in [-0.2, 0) is 4.74 Å². The van der Waals surface area contributed by atoms with Gasteiger partial charge in [-0.2, -0.15) is 0 Å². The molecule has 0 fully saturated rings. The van der Waals surface area contributed by atoms with Crippen molar-refractivity contribution < 1.29 is 24.3 Å². The molecule has 118 valence electrons. The molecule has 22 heavy (non-hydrogen) atoms. The quantitative estimate of drug-likeness (QED) is 0.840. The van der Waals surface area contributed by atoms with Crippen molar-refractivity contribution in [1.29, 1.82) is 0 Å². The number of fused-ring (bicyclic) bond motifs is 1. The molecule has 2 aromatic rings. The number of carbonyl (C=O) groups excluding carboxylic acids is 1. The molecule has 2 rings (SSSR count). The van der Waals surface area contributed by atoms with Crippen molar-refractivity contribution in [3.05, 3.63) is 24.4 Å². The molecular weight excluding hydrogens is 285 g/mol. The van der Waals surface area contributed by atoms with E-state index in [0.29, 0.717) is 23.3 Å². The van der Waals surface area contributed by atoms with Gasteiger partial charge >= 0.3 is 13.2 Å². The van der Waals surface area contributed by atoms with Crippen molar-refractivity contribution in [3.8, 4) is 5.75 Å². The summed E-state index contributed by atoms with van der Waals surface area (Å²) in [5.74, 6) is 0.381. The molecule has 1 aromatic carbocycles. The molecule has 0 atom stereocenters. The number of nitrogens with zero attached hydrogens (tertiary/aromatic N) is 1. The average Bonchev–Trinajstić information content (AvgIpc) is 2.80. The van der Waals surface area contributed by atoms with Crippen LogP contribution in [0.1, 0.15) is 27.7 Å². The van der Waals surface area contributed by atoms with Gasteiger partial charge in [-0.15, -0.1) is 0 Å². The predicted molar refractivity (Wildman–Crippen MR) is 84.6 cm³/mol. The fraction of sp³-hybridized carbons (Fsp3) is 0.400. The summed E-state index contributed by atoms with van der Waals surface area (Å²) in [7, 11) is -1.69. The van der Waals surface area contributed by atoms with Crippen LogP contribution in [0.4, 0.5) is 4.79 Å². The fourth-order valence-corrected chi connectivity index (χ4v) is 2.24. The standard InChI is InChI=1S/C15H20BNO5/c1-5-21-12-7-6-11-10(13(12)16(19)20)8-9-17(11)14(18)22-15(2,3)4/h6-9,19-20H,5H2,1-4H3. The summed E-state index contributed by atoms with van der Waals surface area (Å²) < 4.78 is 12.1. The minimum absolute atomic E-state index is 0.238. The molecule has 0 aliphatic carbocycles. The second-order valence-electron chi connectivity index (χ2n) is 5.88. The lowest BCUT2D eigenvalue weighted by Crippen LogP contribution is -2.32. The van der Waals surface area contributed by atoms with Crippen molar-refractivity contribution in [1.82, 2.24) is 4.57 Å². The summed E-state index contributed by atoms with van der Waals surface area (Å²) in [6.45, 7) is 7.56. The molecule has 2 N–H and O–H groups in total. The van der Waals surface area contributed by atoms with E-state index in [0.717, 1.165) is 0 Å². The van der Waals surface area contributed by atoms with Gasteiger partial charge in [0, 0.05) is 17.0 Å². The zero-order chi connectivity index (χ0) is 16.5. The van der Waals surface area contributed by atoms with Crippen LogP contribution in [0, 0.1) is 0 Å². The molecule has 0 spiro atoms. The van der Waals surface area contributed by atoms with E-state index in [9.17, 15) is 14.8 Å². The highest BCUT2D eigenvalue weighted by Crippen LogP contribution is 2.22. The first-order chi connectivity index (χ1) is 10.2. The molecule has 0 bridgehead atoms. The molecule has 6 nitrogen and oxygen atoms in total. The van der Waals surface area contributed by atoms with Gasteiger partial charge in [-0.25, -0.2) is 4.79 Å². The molecule has 0 saturated carbocycles. The summed E-state index contributed by atoms with van der Waals surface area (Å²) >= 11 is 0. The van der Waals surface area contributed by atoms with Crippen molar-refractivity contribution >= 4 is 29.6 Å². The highest BCUT2D eigenvalue weighted by Gasteiger charge is 2.24. The van der Waals surface area contributed by atoms with Crippen molar-refractivity contribution in [2.24, 2.45) is 0 Å². The SMILES string of the molecule is CCOc1ccc2c(ccn2C(=O)OC(C)(C)C)c1B(O)O. The van der Waals surface area contributed by atoms with Crippen molar-refractivity contribution in [2.75, 3.05) is 6.61 Å². The number of ether oxygens (including phenoxy) is 2. The molecular formula is C15H20BNO5. The lowest BCUT2D eigenvalue weighted by molar-refractivity contribution is 0.0544. The number of hydrogen-bond donors (Lipinski definition) is 2. The minimum Gasteiger partial charge on any atom is -0.494 e. The second kappa shape index (κ2) is 6.02. The van der Waals surface area contributed by atoms with Gasteiger partial charge in [0.25, 0.3) is 0 Å². The van der Waals surface area contributed by atoms with E-state index >= 15 is 0 Å². The zero-order valence-electron chi connectivity index (χ0n) is 13.2. The first kappa shape index (κ1) is 16.4. The molecule has 0 saturated heterocycles. The van der Waals surface area contributed by atoms with Crippen molar-refractivity contribution in [3.63, 3.8) is 0 Å². The highest BCUT2D eigenvalue weighted by atomic mass is 16.6. The molecule has 0 unspecified atom stereocenters. The van der Waals surface area contributed by atoms with E-state index < -0.39 is 18.8 Å². The minimum atomic E-state index is -1.69. The Labute approximate surface area is 129 Å². The number of aromatic nitrogens is 1. The van der Waals surface area contributed by atoms with E-state index in [4.69, 9.17) is 9.47 Å². The fourth-order valence-electron chi connectivity index (χ4n) is 2.24. The summed E-state index contributed by atoms with van der Waals surface area (Å²) in [6, 6.07) is 4.94. The Balaban J connectivity index is 2.53. The van der Waals surface area contributed by atoms with Crippen LogP contribution in [0.5, 0.6) is 5.75 Å². The Morgan fingerprint density at radius 1 is 1.27 bits per heavy atom. The molecule has 0 aliphatic heterocycles. The summed E-state index contributed by atoms with van der Waals surface area (Å²) in [4.78, 5) is 12.2. The van der Waals surface area contributed by atoms with E-state index in [1.807, 2.05) is 6.92 Å². The maximum atomic E-state index is 12.2. The summed E-state index contributed by atoms with van der Waals surface area (Å²) in [5, 5.41) is 19.8. The van der Waals surface area contributed by atoms with Gasteiger partial charge in [0.2, 0.25) is 0 Å². The largest absolute Gasteiger partial charge is 0.494 e. The molecule has 7 heteroatoms. The van der Waals surface area contributed by atoms with E-state index in [1.54, 1.807) is 45.2 Å². The van der Waals surface area contributed by atoms with Crippen LogP contribution in [0.15, 0.2) is 24.4 Å². The van der Waals surface area contributed by atoms with Crippen LogP contribution in [0.25, 0.3) is 10.9 Å². The zero-order valence-corrected chi connectivity index (χ0v) is 13.2. The molecule has 0 radical (unpaired) electrons. The Morgan fingerprint density at radius 2 is 1.95 bits per heavy atom. The number of rotatable bonds is 3.